The van der Waals surface area contributed by atoms with E-state index in [9.17, 15) is 4.79 Å². The van der Waals surface area contributed by atoms with Crippen molar-refractivity contribution in [3.63, 3.8) is 0 Å². The normalized spacial score (nSPS) is 9.58. The van der Waals surface area contributed by atoms with Gasteiger partial charge in [0.2, 0.25) is 0 Å². The molecule has 0 saturated carbocycles. The van der Waals surface area contributed by atoms with Crippen molar-refractivity contribution in [1.29, 1.82) is 0 Å². The van der Waals surface area contributed by atoms with Gasteiger partial charge in [-0.15, -0.1) is 0 Å². The molecular formula is C10H12O2. The third-order valence-corrected chi connectivity index (χ3v) is 2.02. The Kier molecular flexibility index (Phi) is 2.48. The second-order valence-electron chi connectivity index (χ2n) is 2.74. The van der Waals surface area contributed by atoms with Gasteiger partial charge in [0.05, 0.1) is 7.11 Å². The number of hydrogen-bond donors (Lipinski definition) is 0. The molecule has 0 aliphatic rings. The van der Waals surface area contributed by atoms with Crippen molar-refractivity contribution in [2.24, 2.45) is 0 Å². The van der Waals surface area contributed by atoms with Crippen LogP contribution in [0.25, 0.3) is 0 Å². The molecule has 0 N–H and O–H groups in total. The zero-order chi connectivity index (χ0) is 9.14. The second-order valence-corrected chi connectivity index (χ2v) is 2.74. The zero-order valence-corrected chi connectivity index (χ0v) is 7.55. The van der Waals surface area contributed by atoms with Crippen molar-refractivity contribution in [2.75, 3.05) is 7.11 Å². The summed E-state index contributed by atoms with van der Waals surface area (Å²) in [5, 5.41) is 0. The van der Waals surface area contributed by atoms with Gasteiger partial charge in [0, 0.05) is 11.1 Å². The van der Waals surface area contributed by atoms with Gasteiger partial charge >= 0.3 is 0 Å². The van der Waals surface area contributed by atoms with Crippen LogP contribution in [0.3, 0.4) is 0 Å². The highest BCUT2D eigenvalue weighted by Crippen LogP contribution is 2.22. The van der Waals surface area contributed by atoms with E-state index in [4.69, 9.17) is 4.74 Å². The highest BCUT2D eigenvalue weighted by molar-refractivity contribution is 5.80. The number of carbonyl (C=O) groups excluding carboxylic acids is 1. The standard InChI is InChI=1S/C10H12O2/c1-7-4-5-10(12-3)8(2)9(7)6-11/h4-6H,1-3H3. The summed E-state index contributed by atoms with van der Waals surface area (Å²) in [4.78, 5) is 10.7. The molecule has 0 unspecified atom stereocenters. The summed E-state index contributed by atoms with van der Waals surface area (Å²) in [6, 6.07) is 3.76. The molecule has 2 heteroatoms. The molecule has 0 amide bonds. The topological polar surface area (TPSA) is 26.3 Å². The molecule has 12 heavy (non-hydrogen) atoms. The molecule has 0 aliphatic heterocycles. The monoisotopic (exact) mass is 164 g/mol. The summed E-state index contributed by atoms with van der Waals surface area (Å²) in [5.41, 5.74) is 2.63. The Hall–Kier alpha value is -1.31. The molecule has 0 spiro atoms. The van der Waals surface area contributed by atoms with Gasteiger partial charge in [0.15, 0.2) is 6.29 Å². The van der Waals surface area contributed by atoms with Crippen LogP contribution >= 0.6 is 0 Å². The number of ether oxygens (including phenoxy) is 1. The van der Waals surface area contributed by atoms with E-state index >= 15 is 0 Å². The maximum absolute atomic E-state index is 10.7. The van der Waals surface area contributed by atoms with Gasteiger partial charge < -0.3 is 4.74 Å². The number of carbonyl (C=O) groups is 1. The van der Waals surface area contributed by atoms with Crippen LogP contribution in [0.5, 0.6) is 5.75 Å². The molecule has 0 atom stereocenters. The largest absolute Gasteiger partial charge is 0.496 e. The summed E-state index contributed by atoms with van der Waals surface area (Å²) in [7, 11) is 1.60. The minimum absolute atomic E-state index is 0.731. The Bertz CT molecular complexity index is 303. The van der Waals surface area contributed by atoms with Gasteiger partial charge in [0.1, 0.15) is 5.75 Å². The van der Waals surface area contributed by atoms with Crippen LogP contribution in [0.1, 0.15) is 21.5 Å². The Morgan fingerprint density at radius 1 is 1.33 bits per heavy atom. The van der Waals surface area contributed by atoms with E-state index in [1.807, 2.05) is 26.0 Å². The molecule has 0 heterocycles. The first-order valence-corrected chi connectivity index (χ1v) is 3.80. The lowest BCUT2D eigenvalue weighted by Crippen LogP contribution is -1.95. The van der Waals surface area contributed by atoms with E-state index in [0.717, 1.165) is 28.7 Å². The smallest absolute Gasteiger partial charge is 0.150 e. The molecule has 1 aromatic carbocycles. The Morgan fingerprint density at radius 3 is 2.50 bits per heavy atom. The predicted molar refractivity (Wildman–Crippen MR) is 47.9 cm³/mol. The maximum atomic E-state index is 10.7. The Balaban J connectivity index is 3.33. The first kappa shape index (κ1) is 8.78. The fourth-order valence-electron chi connectivity index (χ4n) is 1.25. The molecular weight excluding hydrogens is 152 g/mol. The number of rotatable bonds is 2. The number of benzene rings is 1. The van der Waals surface area contributed by atoms with Gasteiger partial charge in [-0.05, 0) is 25.5 Å². The van der Waals surface area contributed by atoms with Crippen LogP contribution in [-0.2, 0) is 0 Å². The fraction of sp³-hybridized carbons (Fsp3) is 0.300. The quantitative estimate of drug-likeness (QED) is 0.626. The average Bonchev–Trinajstić information content (AvgIpc) is 2.06. The minimum atomic E-state index is 0.731. The maximum Gasteiger partial charge on any atom is 0.150 e. The number of aldehydes is 1. The molecule has 64 valence electrons. The van der Waals surface area contributed by atoms with Crippen molar-refractivity contribution in [1.82, 2.24) is 0 Å². The summed E-state index contributed by atoms with van der Waals surface area (Å²) in [6.45, 7) is 3.80. The van der Waals surface area contributed by atoms with Crippen molar-refractivity contribution in [3.8, 4) is 5.75 Å². The van der Waals surface area contributed by atoms with Crippen LogP contribution < -0.4 is 4.74 Å². The van der Waals surface area contributed by atoms with Gasteiger partial charge in [-0.25, -0.2) is 0 Å². The van der Waals surface area contributed by atoms with E-state index in [1.54, 1.807) is 7.11 Å². The van der Waals surface area contributed by atoms with Gasteiger partial charge in [-0.1, -0.05) is 6.07 Å². The number of hydrogen-bond acceptors (Lipinski definition) is 2. The third kappa shape index (κ3) is 1.33. The lowest BCUT2D eigenvalue weighted by Gasteiger charge is -2.08. The predicted octanol–water partition coefficient (Wildman–Crippen LogP) is 2.12. The summed E-state index contributed by atoms with van der Waals surface area (Å²) in [5.74, 6) is 0.766. The van der Waals surface area contributed by atoms with Crippen molar-refractivity contribution in [2.45, 2.75) is 13.8 Å². The third-order valence-electron chi connectivity index (χ3n) is 2.02. The van der Waals surface area contributed by atoms with Crippen LogP contribution in [0.15, 0.2) is 12.1 Å². The molecule has 2 nitrogen and oxygen atoms in total. The van der Waals surface area contributed by atoms with Gasteiger partial charge in [-0.2, -0.15) is 0 Å². The molecule has 0 aromatic heterocycles. The van der Waals surface area contributed by atoms with Gasteiger partial charge in [-0.3, -0.25) is 4.79 Å². The van der Waals surface area contributed by atoms with E-state index < -0.39 is 0 Å². The molecule has 1 aromatic rings. The Morgan fingerprint density at radius 2 is 2.00 bits per heavy atom. The van der Waals surface area contributed by atoms with Gasteiger partial charge in [0.25, 0.3) is 0 Å². The highest BCUT2D eigenvalue weighted by Gasteiger charge is 2.05. The van der Waals surface area contributed by atoms with Crippen LogP contribution in [0.2, 0.25) is 0 Å². The molecule has 0 fully saturated rings. The lowest BCUT2D eigenvalue weighted by atomic mass is 10.0. The molecule has 0 saturated heterocycles. The SMILES string of the molecule is COc1ccc(C)c(C=O)c1C. The molecule has 0 radical (unpaired) electrons. The minimum Gasteiger partial charge on any atom is -0.496 e. The Labute approximate surface area is 72.2 Å². The second kappa shape index (κ2) is 3.39. The molecule has 0 aliphatic carbocycles. The van der Waals surface area contributed by atoms with Crippen LogP contribution in [0.4, 0.5) is 0 Å². The lowest BCUT2D eigenvalue weighted by molar-refractivity contribution is 0.112. The highest BCUT2D eigenvalue weighted by atomic mass is 16.5. The van der Waals surface area contributed by atoms with Crippen LogP contribution in [0, 0.1) is 13.8 Å². The van der Waals surface area contributed by atoms with Crippen molar-refractivity contribution < 1.29 is 9.53 Å². The van der Waals surface area contributed by atoms with Crippen LogP contribution in [-0.4, -0.2) is 13.4 Å². The van der Waals surface area contributed by atoms with Crippen molar-refractivity contribution in [3.05, 3.63) is 28.8 Å². The zero-order valence-electron chi connectivity index (χ0n) is 7.55. The molecule has 1 rings (SSSR count). The number of aryl methyl sites for hydroxylation is 1. The van der Waals surface area contributed by atoms with E-state index in [-0.39, 0.29) is 0 Å². The van der Waals surface area contributed by atoms with E-state index in [0.29, 0.717) is 0 Å². The summed E-state index contributed by atoms with van der Waals surface area (Å²) >= 11 is 0. The fourth-order valence-corrected chi connectivity index (χ4v) is 1.25. The average molecular weight is 164 g/mol. The summed E-state index contributed by atoms with van der Waals surface area (Å²) in [6.07, 6.45) is 0.868. The first-order chi connectivity index (χ1) is 5.70. The van der Waals surface area contributed by atoms with E-state index in [1.165, 1.54) is 0 Å². The molecule has 0 bridgehead atoms. The summed E-state index contributed by atoms with van der Waals surface area (Å²) < 4.78 is 5.08. The van der Waals surface area contributed by atoms with Crippen molar-refractivity contribution >= 4 is 6.29 Å². The van der Waals surface area contributed by atoms with E-state index in [2.05, 4.69) is 0 Å². The number of methoxy groups -OCH3 is 1. The first-order valence-electron chi connectivity index (χ1n) is 3.80.